The summed E-state index contributed by atoms with van der Waals surface area (Å²) in [6.07, 6.45) is 0. The van der Waals surface area contributed by atoms with Crippen LogP contribution in [0.5, 0.6) is 0 Å². The van der Waals surface area contributed by atoms with Gasteiger partial charge in [0.2, 0.25) is 0 Å². The number of carbonyl (C=O) groups excluding carboxylic acids is 1. The second-order valence-electron chi connectivity index (χ2n) is 5.07. The first kappa shape index (κ1) is 13.4. The Morgan fingerprint density at radius 1 is 0.905 bits per heavy atom. The van der Waals surface area contributed by atoms with Crippen molar-refractivity contribution >= 4 is 16.7 Å². The number of fused-ring (bicyclic) bond motifs is 1. The number of benzene rings is 3. The molecular weight excluding hydrogens is 260 g/mol. The van der Waals surface area contributed by atoms with Crippen molar-refractivity contribution in [1.82, 2.24) is 0 Å². The third-order valence-electron chi connectivity index (χ3n) is 3.66. The molecule has 0 aliphatic heterocycles. The molecule has 0 aromatic heterocycles. The van der Waals surface area contributed by atoms with E-state index in [0.717, 1.165) is 27.5 Å². The number of methoxy groups -OCH3 is 1. The summed E-state index contributed by atoms with van der Waals surface area (Å²) in [5, 5.41) is 2.29. The molecule has 2 nitrogen and oxygen atoms in total. The topological polar surface area (TPSA) is 26.3 Å². The van der Waals surface area contributed by atoms with Gasteiger partial charge in [0.05, 0.1) is 12.7 Å². The van der Waals surface area contributed by atoms with Crippen molar-refractivity contribution in [2.75, 3.05) is 7.11 Å². The number of esters is 1. The van der Waals surface area contributed by atoms with Gasteiger partial charge in [-0.3, -0.25) is 0 Å². The molecule has 3 aromatic carbocycles. The lowest BCUT2D eigenvalue weighted by Crippen LogP contribution is -2.04. The first-order valence-corrected chi connectivity index (χ1v) is 6.88. The molecule has 0 unspecified atom stereocenters. The van der Waals surface area contributed by atoms with Crippen LogP contribution in [0.3, 0.4) is 0 Å². The SMILES string of the molecule is COC(=O)c1cc(C)ccc1-c1cccc2ccccc12. The lowest BCUT2D eigenvalue weighted by Gasteiger charge is -2.12. The fraction of sp³-hybridized carbons (Fsp3) is 0.105. The second-order valence-corrected chi connectivity index (χ2v) is 5.07. The molecule has 0 atom stereocenters. The molecule has 0 saturated heterocycles. The standard InChI is InChI=1S/C19H16O2/c1-13-10-11-17(18(12-13)19(20)21-2)16-9-5-7-14-6-3-4-8-15(14)16/h3-12H,1-2H3. The maximum absolute atomic E-state index is 12.1. The molecule has 0 radical (unpaired) electrons. The number of ether oxygens (including phenoxy) is 1. The molecule has 3 aromatic rings. The van der Waals surface area contributed by atoms with Crippen LogP contribution in [0.2, 0.25) is 0 Å². The van der Waals surface area contributed by atoms with E-state index in [4.69, 9.17) is 4.74 Å². The maximum Gasteiger partial charge on any atom is 0.338 e. The van der Waals surface area contributed by atoms with Crippen LogP contribution in [0, 0.1) is 6.92 Å². The summed E-state index contributed by atoms with van der Waals surface area (Å²) >= 11 is 0. The molecule has 0 fully saturated rings. The fourth-order valence-corrected chi connectivity index (χ4v) is 2.63. The van der Waals surface area contributed by atoms with Gasteiger partial charge in [-0.05, 0) is 34.9 Å². The minimum Gasteiger partial charge on any atom is -0.465 e. The summed E-state index contributed by atoms with van der Waals surface area (Å²) in [4.78, 5) is 12.1. The number of rotatable bonds is 2. The third-order valence-corrected chi connectivity index (χ3v) is 3.66. The van der Waals surface area contributed by atoms with Crippen LogP contribution in [0.25, 0.3) is 21.9 Å². The Bertz CT molecular complexity index is 813. The molecule has 0 saturated carbocycles. The number of carbonyl (C=O) groups is 1. The van der Waals surface area contributed by atoms with Crippen molar-refractivity contribution in [3.05, 3.63) is 71.8 Å². The molecule has 2 heteroatoms. The lowest BCUT2D eigenvalue weighted by atomic mass is 9.93. The smallest absolute Gasteiger partial charge is 0.338 e. The Labute approximate surface area is 124 Å². The normalized spacial score (nSPS) is 10.6. The molecule has 3 rings (SSSR count). The van der Waals surface area contributed by atoms with Crippen molar-refractivity contribution < 1.29 is 9.53 Å². The van der Waals surface area contributed by atoms with Gasteiger partial charge in [0.1, 0.15) is 0 Å². The van der Waals surface area contributed by atoms with Crippen molar-refractivity contribution in [3.63, 3.8) is 0 Å². The van der Waals surface area contributed by atoms with Crippen molar-refractivity contribution in [2.45, 2.75) is 6.92 Å². The van der Waals surface area contributed by atoms with Gasteiger partial charge in [-0.2, -0.15) is 0 Å². The quantitative estimate of drug-likeness (QED) is 0.639. The van der Waals surface area contributed by atoms with E-state index in [-0.39, 0.29) is 5.97 Å². The van der Waals surface area contributed by atoms with E-state index in [2.05, 4.69) is 18.2 Å². The van der Waals surface area contributed by atoms with Crippen molar-refractivity contribution in [3.8, 4) is 11.1 Å². The number of hydrogen-bond donors (Lipinski definition) is 0. The van der Waals surface area contributed by atoms with Gasteiger partial charge in [-0.25, -0.2) is 4.79 Å². The predicted octanol–water partition coefficient (Wildman–Crippen LogP) is 4.60. The molecule has 0 bridgehead atoms. The molecule has 104 valence electrons. The van der Waals surface area contributed by atoms with E-state index in [1.165, 1.54) is 7.11 Å². The average Bonchev–Trinajstić information content (AvgIpc) is 2.53. The molecule has 0 spiro atoms. The Morgan fingerprint density at radius 3 is 2.48 bits per heavy atom. The van der Waals surface area contributed by atoms with Gasteiger partial charge in [0, 0.05) is 0 Å². The van der Waals surface area contributed by atoms with E-state index in [1.807, 2.05) is 49.4 Å². The van der Waals surface area contributed by atoms with Crippen LogP contribution >= 0.6 is 0 Å². The molecule has 0 aliphatic carbocycles. The Morgan fingerprint density at radius 2 is 1.67 bits per heavy atom. The number of hydrogen-bond acceptors (Lipinski definition) is 2. The van der Waals surface area contributed by atoms with Gasteiger partial charge >= 0.3 is 5.97 Å². The Kier molecular flexibility index (Phi) is 3.44. The van der Waals surface area contributed by atoms with E-state index in [9.17, 15) is 4.79 Å². The molecule has 0 amide bonds. The zero-order chi connectivity index (χ0) is 14.8. The number of aryl methyl sites for hydroxylation is 1. The third kappa shape index (κ3) is 2.40. The minimum absolute atomic E-state index is 0.304. The lowest BCUT2D eigenvalue weighted by molar-refractivity contribution is 0.0601. The van der Waals surface area contributed by atoms with Crippen LogP contribution < -0.4 is 0 Å². The maximum atomic E-state index is 12.1. The fourth-order valence-electron chi connectivity index (χ4n) is 2.63. The van der Waals surface area contributed by atoms with Crippen LogP contribution in [-0.4, -0.2) is 13.1 Å². The van der Waals surface area contributed by atoms with E-state index >= 15 is 0 Å². The summed E-state index contributed by atoms with van der Waals surface area (Å²) in [5.41, 5.74) is 3.60. The molecule has 0 N–H and O–H groups in total. The summed E-state index contributed by atoms with van der Waals surface area (Å²) in [6, 6.07) is 20.2. The van der Waals surface area contributed by atoms with Crippen LogP contribution in [0.1, 0.15) is 15.9 Å². The molecule has 0 aliphatic rings. The largest absolute Gasteiger partial charge is 0.465 e. The van der Waals surface area contributed by atoms with Crippen LogP contribution in [0.4, 0.5) is 0 Å². The Hall–Kier alpha value is -2.61. The van der Waals surface area contributed by atoms with E-state index in [0.29, 0.717) is 5.56 Å². The van der Waals surface area contributed by atoms with E-state index in [1.54, 1.807) is 0 Å². The Balaban J connectivity index is 2.31. The highest BCUT2D eigenvalue weighted by Gasteiger charge is 2.15. The van der Waals surface area contributed by atoms with Crippen molar-refractivity contribution in [2.24, 2.45) is 0 Å². The average molecular weight is 276 g/mol. The van der Waals surface area contributed by atoms with Crippen LogP contribution in [0.15, 0.2) is 60.7 Å². The first-order valence-electron chi connectivity index (χ1n) is 6.88. The predicted molar refractivity (Wildman–Crippen MR) is 85.5 cm³/mol. The zero-order valence-electron chi connectivity index (χ0n) is 12.1. The van der Waals surface area contributed by atoms with Crippen molar-refractivity contribution in [1.29, 1.82) is 0 Å². The van der Waals surface area contributed by atoms with Gasteiger partial charge in [0.15, 0.2) is 0 Å². The summed E-state index contributed by atoms with van der Waals surface area (Å²) in [7, 11) is 1.41. The highest BCUT2D eigenvalue weighted by Crippen LogP contribution is 2.31. The highest BCUT2D eigenvalue weighted by molar-refractivity contribution is 6.04. The van der Waals surface area contributed by atoms with Gasteiger partial charge < -0.3 is 4.74 Å². The molecular formula is C19H16O2. The molecule has 0 heterocycles. The first-order chi connectivity index (χ1) is 10.2. The zero-order valence-corrected chi connectivity index (χ0v) is 12.1. The summed E-state index contributed by atoms with van der Waals surface area (Å²) in [5.74, 6) is -0.304. The van der Waals surface area contributed by atoms with Gasteiger partial charge in [-0.1, -0.05) is 60.2 Å². The second kappa shape index (κ2) is 5.41. The minimum atomic E-state index is -0.304. The molecule has 21 heavy (non-hydrogen) atoms. The summed E-state index contributed by atoms with van der Waals surface area (Å²) in [6.45, 7) is 1.97. The van der Waals surface area contributed by atoms with Gasteiger partial charge in [-0.15, -0.1) is 0 Å². The van der Waals surface area contributed by atoms with Gasteiger partial charge in [0.25, 0.3) is 0 Å². The van der Waals surface area contributed by atoms with Crippen LogP contribution in [-0.2, 0) is 4.74 Å². The highest BCUT2D eigenvalue weighted by atomic mass is 16.5. The van der Waals surface area contributed by atoms with E-state index < -0.39 is 0 Å². The monoisotopic (exact) mass is 276 g/mol. The summed E-state index contributed by atoms with van der Waals surface area (Å²) < 4.78 is 4.93.